The molecule has 0 aliphatic rings. The van der Waals surface area contributed by atoms with Crippen LogP contribution in [0, 0.1) is 0 Å². The maximum absolute atomic E-state index is 13.4. The smallest absolute Gasteiger partial charge is 0.336 e. The Balaban J connectivity index is 1.52. The summed E-state index contributed by atoms with van der Waals surface area (Å²) in [5, 5.41) is 10.6. The number of ketones is 1. The Morgan fingerprint density at radius 1 is 0.952 bits per heavy atom. The lowest BCUT2D eigenvalue weighted by Crippen LogP contribution is -2.10. The number of hydrogen-bond donors (Lipinski definition) is 2. The van der Waals surface area contributed by atoms with E-state index in [1.165, 1.54) is 6.07 Å². The number of aromatic nitrogens is 2. The minimum absolute atomic E-state index is 0.00141. The molecule has 7 heteroatoms. The molecule has 4 aromatic carbocycles. The van der Waals surface area contributed by atoms with Crippen molar-refractivity contribution in [1.29, 1.82) is 0 Å². The fraction of sp³-hybridized carbons (Fsp3) is 0.171. The summed E-state index contributed by atoms with van der Waals surface area (Å²) in [4.78, 5) is 33.9. The molecule has 0 amide bonds. The highest BCUT2D eigenvalue weighted by Gasteiger charge is 2.23. The summed E-state index contributed by atoms with van der Waals surface area (Å²) in [5.41, 5.74) is 4.71. The van der Waals surface area contributed by atoms with Crippen LogP contribution in [0.1, 0.15) is 58.4 Å². The van der Waals surface area contributed by atoms with Gasteiger partial charge < -0.3 is 14.8 Å². The maximum atomic E-state index is 13.4. The number of carboxylic acids is 1. The van der Waals surface area contributed by atoms with Crippen LogP contribution in [0.3, 0.4) is 0 Å². The first-order chi connectivity index (χ1) is 20.4. The predicted molar refractivity (Wildman–Crippen MR) is 166 cm³/mol. The van der Waals surface area contributed by atoms with E-state index in [0.717, 1.165) is 35.4 Å². The number of nitrogens with zero attached hydrogens (tertiary/aromatic N) is 1. The van der Waals surface area contributed by atoms with Crippen LogP contribution in [-0.4, -0.2) is 33.9 Å². The van der Waals surface area contributed by atoms with Crippen LogP contribution in [0.4, 0.5) is 0 Å². The number of nitrogens with one attached hydrogen (secondary N) is 1. The Labute approximate surface area is 250 Å². The number of rotatable bonds is 11. The Morgan fingerprint density at radius 2 is 1.74 bits per heavy atom. The van der Waals surface area contributed by atoms with Gasteiger partial charge in [0.15, 0.2) is 5.78 Å². The summed E-state index contributed by atoms with van der Waals surface area (Å²) >= 11 is 6.71. The van der Waals surface area contributed by atoms with Crippen molar-refractivity contribution in [1.82, 2.24) is 9.97 Å². The number of aromatic carboxylic acids is 1. The first-order valence-electron chi connectivity index (χ1n) is 13.8. The van der Waals surface area contributed by atoms with Crippen molar-refractivity contribution in [2.45, 2.75) is 32.1 Å². The van der Waals surface area contributed by atoms with Crippen LogP contribution < -0.4 is 4.74 Å². The van der Waals surface area contributed by atoms with Crippen LogP contribution >= 0.6 is 11.6 Å². The third-order valence-corrected chi connectivity index (χ3v) is 7.72. The SMILES string of the molecule is CCC[C@@H](CC(=O)c1ccc(-c2c(Cl)cccc2-c2ncc(-c3cccc(OC)c3)[nH]2)c(C(=O)O)c1)c1ccccc1. The normalized spacial score (nSPS) is 11.7. The highest BCUT2D eigenvalue weighted by molar-refractivity contribution is 6.34. The Hall–Kier alpha value is -4.68. The van der Waals surface area contributed by atoms with Gasteiger partial charge in [0.2, 0.25) is 0 Å². The van der Waals surface area contributed by atoms with E-state index in [-0.39, 0.29) is 17.3 Å². The monoisotopic (exact) mass is 578 g/mol. The number of halogens is 1. The van der Waals surface area contributed by atoms with Gasteiger partial charge in [-0.3, -0.25) is 4.79 Å². The van der Waals surface area contributed by atoms with Crippen molar-refractivity contribution in [2.24, 2.45) is 0 Å². The summed E-state index contributed by atoms with van der Waals surface area (Å²) in [6.07, 6.45) is 3.82. The second-order valence-electron chi connectivity index (χ2n) is 10.1. The number of carboxylic acid groups (broad SMARTS) is 1. The third-order valence-electron chi connectivity index (χ3n) is 7.41. The molecule has 0 radical (unpaired) electrons. The molecule has 2 N–H and O–H groups in total. The number of aromatic amines is 1. The summed E-state index contributed by atoms with van der Waals surface area (Å²) in [7, 11) is 1.61. The summed E-state index contributed by atoms with van der Waals surface area (Å²) in [6.45, 7) is 2.09. The standard InChI is InChI=1S/C35H31ClN2O4/c1-3-9-23(22-10-5-4-6-11-22)20-32(39)25-16-17-27(29(19-25)35(40)41)33-28(14-8-15-30(33)36)34-37-21-31(38-34)24-12-7-13-26(18-24)42-2/h4-8,10-19,21,23H,3,9,20H2,1-2H3,(H,37,38)(H,40,41)/t23-/m0/s1. The van der Waals surface area contributed by atoms with Crippen molar-refractivity contribution < 1.29 is 19.4 Å². The van der Waals surface area contributed by atoms with Crippen molar-refractivity contribution in [3.05, 3.63) is 119 Å². The first kappa shape index (κ1) is 28.8. The summed E-state index contributed by atoms with van der Waals surface area (Å²) in [6, 6.07) is 27.7. The number of carbonyl (C=O) groups excluding carboxylic acids is 1. The molecule has 212 valence electrons. The molecule has 1 aromatic heterocycles. The number of ether oxygens (including phenoxy) is 1. The highest BCUT2D eigenvalue weighted by atomic mass is 35.5. The molecule has 0 unspecified atom stereocenters. The second-order valence-corrected chi connectivity index (χ2v) is 10.5. The summed E-state index contributed by atoms with van der Waals surface area (Å²) < 4.78 is 5.35. The van der Waals surface area contributed by atoms with Crippen LogP contribution in [0.15, 0.2) is 97.2 Å². The minimum Gasteiger partial charge on any atom is -0.497 e. The molecule has 42 heavy (non-hydrogen) atoms. The first-order valence-corrected chi connectivity index (χ1v) is 14.2. The van der Waals surface area contributed by atoms with Gasteiger partial charge in [0.25, 0.3) is 0 Å². The van der Waals surface area contributed by atoms with E-state index in [4.69, 9.17) is 16.3 Å². The molecule has 5 rings (SSSR count). The number of carbonyl (C=O) groups is 2. The number of hydrogen-bond acceptors (Lipinski definition) is 4. The lowest BCUT2D eigenvalue weighted by molar-refractivity contribution is 0.0697. The number of imidazole rings is 1. The lowest BCUT2D eigenvalue weighted by atomic mass is 9.87. The Kier molecular flexibility index (Phi) is 8.84. The minimum atomic E-state index is -1.14. The van der Waals surface area contributed by atoms with Gasteiger partial charge >= 0.3 is 5.97 Å². The largest absolute Gasteiger partial charge is 0.497 e. The summed E-state index contributed by atoms with van der Waals surface area (Å²) in [5.74, 6) is 0.0733. The van der Waals surface area contributed by atoms with E-state index in [1.807, 2.05) is 60.7 Å². The molecule has 1 atom stereocenters. The Morgan fingerprint density at radius 3 is 2.48 bits per heavy atom. The van der Waals surface area contributed by atoms with Crippen molar-refractivity contribution in [2.75, 3.05) is 7.11 Å². The molecule has 0 fully saturated rings. The van der Waals surface area contributed by atoms with E-state index in [1.54, 1.807) is 37.6 Å². The number of methoxy groups -OCH3 is 1. The molecular formula is C35H31ClN2O4. The molecule has 5 aromatic rings. The van der Waals surface area contributed by atoms with Crippen LogP contribution in [0.5, 0.6) is 5.75 Å². The highest BCUT2D eigenvalue weighted by Crippen LogP contribution is 2.39. The fourth-order valence-corrected chi connectivity index (χ4v) is 5.58. The molecule has 0 aliphatic carbocycles. The molecule has 6 nitrogen and oxygen atoms in total. The molecular weight excluding hydrogens is 548 g/mol. The molecule has 0 spiro atoms. The topological polar surface area (TPSA) is 92.3 Å². The second kappa shape index (κ2) is 12.9. The lowest BCUT2D eigenvalue weighted by Gasteiger charge is -2.17. The zero-order chi connectivity index (χ0) is 29.6. The third kappa shape index (κ3) is 6.14. The molecule has 0 aliphatic heterocycles. The molecule has 0 saturated carbocycles. The fourth-order valence-electron chi connectivity index (χ4n) is 5.31. The number of H-pyrrole nitrogens is 1. The molecule has 0 saturated heterocycles. The number of benzene rings is 4. The van der Waals surface area contributed by atoms with Gasteiger partial charge in [-0.15, -0.1) is 0 Å². The van der Waals surface area contributed by atoms with E-state index in [0.29, 0.717) is 39.5 Å². The van der Waals surface area contributed by atoms with E-state index in [9.17, 15) is 14.7 Å². The van der Waals surface area contributed by atoms with Crippen LogP contribution in [-0.2, 0) is 0 Å². The van der Waals surface area contributed by atoms with E-state index < -0.39 is 5.97 Å². The van der Waals surface area contributed by atoms with Gasteiger partial charge in [0.1, 0.15) is 11.6 Å². The van der Waals surface area contributed by atoms with Crippen molar-refractivity contribution in [3.8, 4) is 39.5 Å². The van der Waals surface area contributed by atoms with Gasteiger partial charge in [-0.25, -0.2) is 9.78 Å². The van der Waals surface area contributed by atoms with Gasteiger partial charge in [0.05, 0.1) is 24.6 Å². The zero-order valence-corrected chi connectivity index (χ0v) is 24.2. The van der Waals surface area contributed by atoms with Gasteiger partial charge in [-0.05, 0) is 47.7 Å². The predicted octanol–water partition coefficient (Wildman–Crippen LogP) is 8.93. The average molecular weight is 579 g/mol. The van der Waals surface area contributed by atoms with Crippen LogP contribution in [0.25, 0.3) is 33.8 Å². The van der Waals surface area contributed by atoms with E-state index in [2.05, 4.69) is 16.9 Å². The zero-order valence-electron chi connectivity index (χ0n) is 23.4. The quantitative estimate of drug-likeness (QED) is 0.153. The van der Waals surface area contributed by atoms with E-state index >= 15 is 0 Å². The van der Waals surface area contributed by atoms with Crippen molar-refractivity contribution >= 4 is 23.4 Å². The maximum Gasteiger partial charge on any atom is 0.336 e. The molecule has 1 heterocycles. The number of Topliss-reactive ketones (excluding diaryl/α,β-unsaturated/α-hetero) is 1. The van der Waals surface area contributed by atoms with Crippen molar-refractivity contribution in [3.63, 3.8) is 0 Å². The average Bonchev–Trinajstić information content (AvgIpc) is 3.51. The Bertz CT molecular complexity index is 1730. The van der Waals surface area contributed by atoms with Gasteiger partial charge in [-0.1, -0.05) is 91.7 Å². The van der Waals surface area contributed by atoms with Crippen LogP contribution in [0.2, 0.25) is 5.02 Å². The van der Waals surface area contributed by atoms with Gasteiger partial charge in [-0.2, -0.15) is 0 Å². The van der Waals surface area contributed by atoms with Gasteiger partial charge in [0, 0.05) is 33.7 Å². The molecule has 0 bridgehead atoms.